The lowest BCUT2D eigenvalue weighted by molar-refractivity contribution is 0.298. The number of hydrogen-bond acceptors (Lipinski definition) is 1. The Labute approximate surface area is 80.7 Å². The van der Waals surface area contributed by atoms with Crippen molar-refractivity contribution in [1.29, 1.82) is 0 Å². The van der Waals surface area contributed by atoms with Crippen molar-refractivity contribution in [3.05, 3.63) is 0 Å². The maximum Gasteiger partial charge on any atom is 0.331 e. The summed E-state index contributed by atoms with van der Waals surface area (Å²) >= 11 is 0. The van der Waals surface area contributed by atoms with Crippen LogP contribution >= 0.6 is 7.60 Å². The fourth-order valence-electron chi connectivity index (χ4n) is 1.91. The zero-order valence-corrected chi connectivity index (χ0v) is 9.68. The minimum Gasteiger partial charge on any atom is -0.324 e. The van der Waals surface area contributed by atoms with E-state index in [2.05, 4.69) is 0 Å². The van der Waals surface area contributed by atoms with Crippen LogP contribution in [-0.2, 0) is 4.57 Å². The highest BCUT2D eigenvalue weighted by atomic mass is 31.2. The van der Waals surface area contributed by atoms with Crippen molar-refractivity contribution >= 4 is 7.60 Å². The molecule has 3 nitrogen and oxygen atoms in total. The smallest absolute Gasteiger partial charge is 0.324 e. The molecule has 0 aromatic heterocycles. The molecule has 0 saturated carbocycles. The maximum absolute atomic E-state index is 11.4. The molecule has 0 fully saturated rings. The van der Waals surface area contributed by atoms with Gasteiger partial charge in [-0.2, -0.15) is 0 Å². The summed E-state index contributed by atoms with van der Waals surface area (Å²) in [5, 5.41) is -0.753. The minimum atomic E-state index is -3.94. The van der Waals surface area contributed by atoms with Gasteiger partial charge in [0.05, 0.1) is 5.16 Å². The van der Waals surface area contributed by atoms with Crippen LogP contribution in [0.3, 0.4) is 0 Å². The SMILES string of the molecule is CCCC(CC)(CCC)P(=O)(O)O. The van der Waals surface area contributed by atoms with E-state index in [0.717, 1.165) is 12.8 Å². The second-order valence-corrected chi connectivity index (χ2v) is 5.66. The average Bonchev–Trinajstić information content (AvgIpc) is 2.02. The Balaban J connectivity index is 4.75. The molecule has 0 spiro atoms. The van der Waals surface area contributed by atoms with E-state index in [-0.39, 0.29) is 0 Å². The van der Waals surface area contributed by atoms with Gasteiger partial charge in [0.25, 0.3) is 0 Å². The van der Waals surface area contributed by atoms with Gasteiger partial charge in [0.15, 0.2) is 0 Å². The predicted molar refractivity (Wildman–Crippen MR) is 54.9 cm³/mol. The quantitative estimate of drug-likeness (QED) is 0.660. The molecule has 0 rings (SSSR count). The van der Waals surface area contributed by atoms with Crippen molar-refractivity contribution in [1.82, 2.24) is 0 Å². The largest absolute Gasteiger partial charge is 0.331 e. The monoisotopic (exact) mass is 208 g/mol. The van der Waals surface area contributed by atoms with Crippen molar-refractivity contribution in [3.8, 4) is 0 Å². The number of hydrogen-bond donors (Lipinski definition) is 2. The van der Waals surface area contributed by atoms with E-state index in [1.54, 1.807) is 0 Å². The normalized spacial score (nSPS) is 13.3. The van der Waals surface area contributed by atoms with Crippen molar-refractivity contribution in [2.45, 2.75) is 58.0 Å². The highest BCUT2D eigenvalue weighted by molar-refractivity contribution is 7.53. The van der Waals surface area contributed by atoms with Crippen molar-refractivity contribution < 1.29 is 14.4 Å². The van der Waals surface area contributed by atoms with Gasteiger partial charge in [-0.3, -0.25) is 4.57 Å². The highest BCUT2D eigenvalue weighted by Gasteiger charge is 2.43. The summed E-state index contributed by atoms with van der Waals surface area (Å²) in [6.07, 6.45) is 3.49. The van der Waals surface area contributed by atoms with Crippen molar-refractivity contribution in [3.63, 3.8) is 0 Å². The van der Waals surface area contributed by atoms with Gasteiger partial charge in [0.1, 0.15) is 0 Å². The lowest BCUT2D eigenvalue weighted by atomic mass is 9.94. The third-order valence-electron chi connectivity index (χ3n) is 2.71. The predicted octanol–water partition coefficient (Wildman–Crippen LogP) is 2.91. The molecule has 13 heavy (non-hydrogen) atoms. The van der Waals surface area contributed by atoms with Gasteiger partial charge in [-0.25, -0.2) is 0 Å². The van der Waals surface area contributed by atoms with E-state index in [9.17, 15) is 14.4 Å². The second kappa shape index (κ2) is 5.14. The molecule has 2 N–H and O–H groups in total. The molecule has 0 heterocycles. The first-order chi connectivity index (χ1) is 5.93. The standard InChI is InChI=1S/C9H21O3P/c1-4-7-9(6-3,8-5-2)13(10,11)12/h4-8H2,1-3H3,(H2,10,11,12). The lowest BCUT2D eigenvalue weighted by Gasteiger charge is -2.32. The Hall–Kier alpha value is 0.150. The van der Waals surface area contributed by atoms with Crippen LogP contribution in [-0.4, -0.2) is 14.9 Å². The van der Waals surface area contributed by atoms with Crippen LogP contribution < -0.4 is 0 Å². The van der Waals surface area contributed by atoms with E-state index >= 15 is 0 Å². The van der Waals surface area contributed by atoms with Gasteiger partial charge < -0.3 is 9.79 Å². The Bertz CT molecular complexity index is 179. The molecule has 0 amide bonds. The zero-order valence-electron chi connectivity index (χ0n) is 8.79. The molecule has 0 aromatic rings. The molecule has 0 aliphatic heterocycles. The maximum atomic E-state index is 11.4. The van der Waals surface area contributed by atoms with Crippen LogP contribution in [0, 0.1) is 0 Å². The summed E-state index contributed by atoms with van der Waals surface area (Å²) in [4.78, 5) is 18.6. The van der Waals surface area contributed by atoms with Crippen LogP contribution in [0.25, 0.3) is 0 Å². The van der Waals surface area contributed by atoms with Crippen LogP contribution in [0.4, 0.5) is 0 Å². The first kappa shape index (κ1) is 13.2. The lowest BCUT2D eigenvalue weighted by Crippen LogP contribution is -2.27. The van der Waals surface area contributed by atoms with E-state index in [0.29, 0.717) is 19.3 Å². The summed E-state index contributed by atoms with van der Waals surface area (Å²) in [6, 6.07) is 0. The first-order valence-corrected chi connectivity index (χ1v) is 6.60. The molecule has 0 aromatic carbocycles. The summed E-state index contributed by atoms with van der Waals surface area (Å²) < 4.78 is 11.4. The molecule has 0 saturated heterocycles. The van der Waals surface area contributed by atoms with Crippen molar-refractivity contribution in [2.75, 3.05) is 0 Å². The molecule has 0 aliphatic carbocycles. The molecule has 0 atom stereocenters. The van der Waals surface area contributed by atoms with Gasteiger partial charge in [-0.15, -0.1) is 0 Å². The summed E-state index contributed by atoms with van der Waals surface area (Å²) in [7, 11) is -3.94. The molecule has 4 heteroatoms. The second-order valence-electron chi connectivity index (χ2n) is 3.62. The van der Waals surface area contributed by atoms with Gasteiger partial charge in [0.2, 0.25) is 0 Å². The van der Waals surface area contributed by atoms with Crippen LogP contribution in [0.5, 0.6) is 0 Å². The molecule has 80 valence electrons. The fraction of sp³-hybridized carbons (Fsp3) is 1.00. The molecule has 0 unspecified atom stereocenters. The summed E-state index contributed by atoms with van der Waals surface area (Å²) in [5.74, 6) is 0. The van der Waals surface area contributed by atoms with Gasteiger partial charge >= 0.3 is 7.60 Å². The fourth-order valence-corrected chi connectivity index (χ4v) is 3.35. The van der Waals surface area contributed by atoms with Crippen LogP contribution in [0.2, 0.25) is 0 Å². The van der Waals surface area contributed by atoms with Gasteiger partial charge in [-0.1, -0.05) is 33.6 Å². The van der Waals surface area contributed by atoms with Gasteiger partial charge in [0, 0.05) is 0 Å². The highest BCUT2D eigenvalue weighted by Crippen LogP contribution is 2.57. The molecule has 0 radical (unpaired) electrons. The van der Waals surface area contributed by atoms with E-state index < -0.39 is 12.8 Å². The van der Waals surface area contributed by atoms with Crippen molar-refractivity contribution in [2.24, 2.45) is 0 Å². The summed E-state index contributed by atoms with van der Waals surface area (Å²) in [5.41, 5.74) is 0. The molecular weight excluding hydrogens is 187 g/mol. The number of rotatable bonds is 6. The first-order valence-electron chi connectivity index (χ1n) is 4.99. The molecular formula is C9H21O3P. The summed E-state index contributed by atoms with van der Waals surface area (Å²) in [6.45, 7) is 5.80. The average molecular weight is 208 g/mol. The van der Waals surface area contributed by atoms with E-state index in [1.165, 1.54) is 0 Å². The molecule has 0 aliphatic rings. The van der Waals surface area contributed by atoms with Crippen LogP contribution in [0.15, 0.2) is 0 Å². The van der Waals surface area contributed by atoms with Gasteiger partial charge in [-0.05, 0) is 19.3 Å². The third kappa shape index (κ3) is 3.08. The Morgan fingerprint density at radius 1 is 1.08 bits per heavy atom. The Morgan fingerprint density at radius 2 is 1.46 bits per heavy atom. The van der Waals surface area contributed by atoms with E-state index in [1.807, 2.05) is 20.8 Å². The molecule has 0 bridgehead atoms. The zero-order chi connectivity index (χ0) is 10.5. The van der Waals surface area contributed by atoms with E-state index in [4.69, 9.17) is 0 Å². The minimum absolute atomic E-state index is 0.568. The topological polar surface area (TPSA) is 57.5 Å². The van der Waals surface area contributed by atoms with Crippen LogP contribution in [0.1, 0.15) is 52.9 Å². The Kier molecular flexibility index (Phi) is 5.19. The third-order valence-corrected chi connectivity index (χ3v) is 4.71. The Morgan fingerprint density at radius 3 is 1.62 bits per heavy atom.